The Balaban J connectivity index is 1.53. The first kappa shape index (κ1) is 18.1. The lowest BCUT2D eigenvalue weighted by Crippen LogP contribution is -2.40. The van der Waals surface area contributed by atoms with Crippen molar-refractivity contribution in [3.05, 3.63) is 83.9 Å². The highest BCUT2D eigenvalue weighted by atomic mass is 16.3. The van der Waals surface area contributed by atoms with Gasteiger partial charge in [0, 0.05) is 27.6 Å². The first-order valence-electron chi connectivity index (χ1n) is 9.89. The Bertz CT molecular complexity index is 1550. The minimum atomic E-state index is -0.537. The molecule has 0 spiro atoms. The number of carbonyl (C=O) groups excluding carboxylic acids is 2. The van der Waals surface area contributed by atoms with Gasteiger partial charge in [-0.2, -0.15) is 0 Å². The Hall–Kier alpha value is -4.72. The number of hydrogen-bond donors (Lipinski definition) is 2. The van der Waals surface area contributed by atoms with E-state index >= 15 is 0 Å². The van der Waals surface area contributed by atoms with Crippen molar-refractivity contribution in [2.24, 2.45) is 0 Å². The summed E-state index contributed by atoms with van der Waals surface area (Å²) in [7, 11) is 0. The number of benzene rings is 4. The Kier molecular flexibility index (Phi) is 3.61. The number of carbonyl (C=O) groups is 2. The molecular weight excluding hydrogens is 406 g/mol. The van der Waals surface area contributed by atoms with Gasteiger partial charge in [-0.25, -0.2) is 4.90 Å². The SMILES string of the molecule is Nc1ccc2c3c(cccc13)C(=O)N(c1cccc(-n3nc4ccccc4n3)c1O)C2=O. The van der Waals surface area contributed by atoms with E-state index in [1.165, 1.54) is 10.9 Å². The third-order valence-corrected chi connectivity index (χ3v) is 5.68. The summed E-state index contributed by atoms with van der Waals surface area (Å²) in [6, 6.07) is 20.5. The molecule has 0 atom stereocenters. The highest BCUT2D eigenvalue weighted by Crippen LogP contribution is 2.39. The minimum absolute atomic E-state index is 0.0540. The van der Waals surface area contributed by atoms with E-state index in [2.05, 4.69) is 10.2 Å². The number of rotatable bonds is 2. The minimum Gasteiger partial charge on any atom is -0.504 e. The van der Waals surface area contributed by atoms with Crippen LogP contribution in [0.5, 0.6) is 5.75 Å². The van der Waals surface area contributed by atoms with Crippen LogP contribution in [-0.4, -0.2) is 31.9 Å². The molecule has 0 bridgehead atoms. The number of para-hydroxylation sites is 1. The van der Waals surface area contributed by atoms with Crippen LogP contribution in [0.15, 0.2) is 72.8 Å². The standard InChI is InChI=1S/C24H15N5O3/c25-16-12-11-15-21-13(16)5-3-6-14(21)23(31)28(24(15)32)19-9-4-10-20(22(19)30)29-26-17-7-1-2-8-18(17)27-29/h1-12,30H,25H2. The number of amides is 2. The highest BCUT2D eigenvalue weighted by molar-refractivity contribution is 6.36. The van der Waals surface area contributed by atoms with Crippen LogP contribution in [0, 0.1) is 0 Å². The number of nitrogens with zero attached hydrogens (tertiary/aromatic N) is 4. The molecule has 32 heavy (non-hydrogen) atoms. The summed E-state index contributed by atoms with van der Waals surface area (Å²) in [5.74, 6) is -1.35. The van der Waals surface area contributed by atoms with Crippen LogP contribution >= 0.6 is 0 Å². The highest BCUT2D eigenvalue weighted by Gasteiger charge is 2.36. The van der Waals surface area contributed by atoms with E-state index in [1.807, 2.05) is 12.1 Å². The molecule has 3 N–H and O–H groups in total. The van der Waals surface area contributed by atoms with Gasteiger partial charge in [0.05, 0.1) is 5.69 Å². The van der Waals surface area contributed by atoms with Gasteiger partial charge in [0.15, 0.2) is 5.75 Å². The number of phenols is 1. The lowest BCUT2D eigenvalue weighted by atomic mass is 9.92. The van der Waals surface area contributed by atoms with Crippen LogP contribution in [0.2, 0.25) is 0 Å². The topological polar surface area (TPSA) is 114 Å². The molecule has 1 aliphatic rings. The molecule has 0 fully saturated rings. The lowest BCUT2D eigenvalue weighted by molar-refractivity contribution is 0.0892. The molecule has 0 saturated carbocycles. The molecular formula is C24H15N5O3. The van der Waals surface area contributed by atoms with Crippen molar-refractivity contribution in [2.45, 2.75) is 0 Å². The quantitative estimate of drug-likeness (QED) is 0.332. The predicted octanol–water partition coefficient (Wildman–Crippen LogP) is 3.66. The smallest absolute Gasteiger partial charge is 0.266 e. The van der Waals surface area contributed by atoms with E-state index in [4.69, 9.17) is 5.73 Å². The molecule has 4 aromatic carbocycles. The fourth-order valence-electron chi connectivity index (χ4n) is 4.17. The van der Waals surface area contributed by atoms with Crippen molar-refractivity contribution in [2.75, 3.05) is 10.6 Å². The number of nitrogen functional groups attached to an aromatic ring is 1. The molecule has 8 nitrogen and oxygen atoms in total. The van der Waals surface area contributed by atoms with Crippen LogP contribution in [0.3, 0.4) is 0 Å². The van der Waals surface area contributed by atoms with Crippen molar-refractivity contribution in [1.29, 1.82) is 0 Å². The summed E-state index contributed by atoms with van der Waals surface area (Å²) < 4.78 is 0. The van der Waals surface area contributed by atoms with E-state index in [0.29, 0.717) is 38.6 Å². The molecule has 6 rings (SSSR count). The van der Waals surface area contributed by atoms with Crippen LogP contribution in [0.1, 0.15) is 20.7 Å². The molecule has 0 saturated heterocycles. The van der Waals surface area contributed by atoms with Crippen molar-refractivity contribution < 1.29 is 14.7 Å². The molecule has 154 valence electrons. The normalized spacial score (nSPS) is 13.3. The zero-order valence-electron chi connectivity index (χ0n) is 16.6. The number of hydrogen-bond acceptors (Lipinski definition) is 6. The summed E-state index contributed by atoms with van der Waals surface area (Å²) in [5.41, 5.74) is 8.84. The molecule has 8 heteroatoms. The van der Waals surface area contributed by atoms with Crippen LogP contribution in [0.4, 0.5) is 11.4 Å². The Morgan fingerprint density at radius 1 is 0.719 bits per heavy atom. The predicted molar refractivity (Wildman–Crippen MR) is 120 cm³/mol. The number of phenolic OH excluding ortho intramolecular Hbond substituents is 1. The number of imide groups is 1. The van der Waals surface area contributed by atoms with E-state index in [9.17, 15) is 14.7 Å². The van der Waals surface area contributed by atoms with Gasteiger partial charge >= 0.3 is 0 Å². The average molecular weight is 421 g/mol. The third-order valence-electron chi connectivity index (χ3n) is 5.68. The Morgan fingerprint density at radius 3 is 2.06 bits per heavy atom. The van der Waals surface area contributed by atoms with Gasteiger partial charge in [-0.1, -0.05) is 30.3 Å². The lowest BCUT2D eigenvalue weighted by Gasteiger charge is -2.28. The maximum atomic E-state index is 13.4. The van der Waals surface area contributed by atoms with Gasteiger partial charge in [-0.15, -0.1) is 15.0 Å². The van der Waals surface area contributed by atoms with Crippen molar-refractivity contribution in [3.8, 4) is 11.4 Å². The van der Waals surface area contributed by atoms with Gasteiger partial charge in [0.1, 0.15) is 16.7 Å². The zero-order valence-corrected chi connectivity index (χ0v) is 16.6. The van der Waals surface area contributed by atoms with E-state index < -0.39 is 11.8 Å². The number of aromatic nitrogens is 3. The fourth-order valence-corrected chi connectivity index (χ4v) is 4.17. The second-order valence-corrected chi connectivity index (χ2v) is 7.50. The second-order valence-electron chi connectivity index (χ2n) is 7.50. The number of aromatic hydroxyl groups is 1. The summed E-state index contributed by atoms with van der Waals surface area (Å²) in [6.07, 6.45) is 0. The van der Waals surface area contributed by atoms with Crippen LogP contribution in [-0.2, 0) is 0 Å². The Morgan fingerprint density at radius 2 is 1.34 bits per heavy atom. The van der Waals surface area contributed by atoms with Crippen molar-refractivity contribution >= 4 is 45.0 Å². The number of anilines is 2. The molecule has 0 radical (unpaired) electrons. The first-order chi connectivity index (χ1) is 15.5. The summed E-state index contributed by atoms with van der Waals surface area (Å²) in [6.45, 7) is 0. The third kappa shape index (κ3) is 2.37. The van der Waals surface area contributed by atoms with Crippen molar-refractivity contribution in [1.82, 2.24) is 15.0 Å². The van der Waals surface area contributed by atoms with Crippen LogP contribution in [0.25, 0.3) is 27.5 Å². The summed E-state index contributed by atoms with van der Waals surface area (Å²) in [4.78, 5) is 29.0. The maximum absolute atomic E-state index is 13.4. The fraction of sp³-hybridized carbons (Fsp3) is 0. The monoisotopic (exact) mass is 421 g/mol. The largest absolute Gasteiger partial charge is 0.504 e. The maximum Gasteiger partial charge on any atom is 0.266 e. The molecule has 2 amide bonds. The van der Waals surface area contributed by atoms with E-state index in [-0.39, 0.29) is 17.1 Å². The molecule has 2 heterocycles. The summed E-state index contributed by atoms with van der Waals surface area (Å²) in [5, 5.41) is 21.0. The number of nitrogens with two attached hydrogens (primary N) is 1. The summed E-state index contributed by atoms with van der Waals surface area (Å²) >= 11 is 0. The van der Waals surface area contributed by atoms with Gasteiger partial charge in [-0.3, -0.25) is 9.59 Å². The molecule has 5 aromatic rings. The molecule has 0 unspecified atom stereocenters. The molecule has 1 aromatic heterocycles. The van der Waals surface area contributed by atoms with E-state index in [0.717, 1.165) is 4.90 Å². The second kappa shape index (κ2) is 6.39. The van der Waals surface area contributed by atoms with Gasteiger partial charge in [-0.05, 0) is 42.5 Å². The molecule has 1 aliphatic heterocycles. The average Bonchev–Trinajstić information content (AvgIpc) is 3.23. The number of fused-ring (bicyclic) bond motifs is 1. The van der Waals surface area contributed by atoms with E-state index in [1.54, 1.807) is 54.6 Å². The van der Waals surface area contributed by atoms with Gasteiger partial charge < -0.3 is 10.8 Å². The first-order valence-corrected chi connectivity index (χ1v) is 9.89. The molecule has 0 aliphatic carbocycles. The Labute approximate surface area is 181 Å². The zero-order chi connectivity index (χ0) is 22.0. The van der Waals surface area contributed by atoms with Gasteiger partial charge in [0.2, 0.25) is 0 Å². The van der Waals surface area contributed by atoms with Crippen molar-refractivity contribution in [3.63, 3.8) is 0 Å². The van der Waals surface area contributed by atoms with Gasteiger partial charge in [0.25, 0.3) is 11.8 Å². The van der Waals surface area contributed by atoms with Crippen LogP contribution < -0.4 is 10.6 Å².